The summed E-state index contributed by atoms with van der Waals surface area (Å²) in [4.78, 5) is 0. The smallest absolute Gasteiger partial charge is 0.213 e. The molecule has 0 N–H and O–H groups in total. The average Bonchev–Trinajstić information content (AvgIpc) is 3.55. The third-order valence-corrected chi connectivity index (χ3v) is 9.00. The molecule has 0 spiro atoms. The molecule has 2 saturated carbocycles. The van der Waals surface area contributed by atoms with Crippen LogP contribution in [0, 0.1) is 11.8 Å². The van der Waals surface area contributed by atoms with Crippen molar-refractivity contribution in [1.29, 1.82) is 0 Å². The predicted molar refractivity (Wildman–Crippen MR) is 167 cm³/mol. The van der Waals surface area contributed by atoms with Gasteiger partial charge in [-0.1, -0.05) is 115 Å². The zero-order valence-electron chi connectivity index (χ0n) is 23.2. The Bertz CT molecular complexity index is 1170. The maximum absolute atomic E-state index is 7.05. The molecule has 4 unspecified atom stereocenters. The second-order valence-electron chi connectivity index (χ2n) is 12.0. The fourth-order valence-corrected chi connectivity index (χ4v) is 6.91. The quantitative estimate of drug-likeness (QED) is 0.128. The van der Waals surface area contributed by atoms with Crippen molar-refractivity contribution < 1.29 is 9.47 Å². The zero-order valence-corrected chi connectivity index (χ0v) is 25.4. The first kappa shape index (κ1) is 27.5. The third-order valence-electron chi connectivity index (χ3n) is 8.62. The Morgan fingerprint density at radius 3 is 1.95 bits per heavy atom. The van der Waals surface area contributed by atoms with Crippen molar-refractivity contribution in [2.45, 2.75) is 81.0 Å². The van der Waals surface area contributed by atoms with Gasteiger partial charge in [-0.05, 0) is 92.2 Å². The number of hydrogen-bond donors (Lipinski definition) is 0. The van der Waals surface area contributed by atoms with Gasteiger partial charge in [0.1, 0.15) is 5.75 Å². The van der Waals surface area contributed by atoms with Crippen LogP contribution in [0.4, 0.5) is 0 Å². The van der Waals surface area contributed by atoms with Gasteiger partial charge in [-0.3, -0.25) is 0 Å². The van der Waals surface area contributed by atoms with E-state index in [1.165, 1.54) is 41.5 Å². The molecule has 38 heavy (non-hydrogen) atoms. The van der Waals surface area contributed by atoms with Crippen LogP contribution in [0.25, 0.3) is 5.57 Å². The molecular formula is C35H41IO2. The standard InChI is InChI=1S/C35H41IO2/c1-5-26(24-34(2,3)36)27-18-20-31(21-19-27)37-33(38-32-23-25-16-17-28(32)22-25)35(4,29-12-8-6-9-13-29)30-14-10-7-11-15-30/h5-15,18-21,25,28,32-33H,16-17,22-24H2,1-4H3/b26-5+. The van der Waals surface area contributed by atoms with Crippen LogP contribution < -0.4 is 4.74 Å². The topological polar surface area (TPSA) is 18.5 Å². The van der Waals surface area contributed by atoms with Crippen LogP contribution in [0.5, 0.6) is 5.75 Å². The molecule has 2 nitrogen and oxygen atoms in total. The molecule has 4 atom stereocenters. The molecule has 3 aromatic rings. The van der Waals surface area contributed by atoms with Gasteiger partial charge in [0.2, 0.25) is 6.29 Å². The minimum atomic E-state index is -0.470. The number of fused-ring (bicyclic) bond motifs is 2. The molecule has 0 saturated heterocycles. The molecule has 0 heterocycles. The van der Waals surface area contributed by atoms with Gasteiger partial charge in [-0.2, -0.15) is 0 Å². The van der Waals surface area contributed by atoms with E-state index in [2.05, 4.69) is 141 Å². The number of allylic oxidation sites excluding steroid dienone is 2. The molecule has 2 bridgehead atoms. The van der Waals surface area contributed by atoms with E-state index in [1.54, 1.807) is 0 Å². The Morgan fingerprint density at radius 2 is 1.47 bits per heavy atom. The summed E-state index contributed by atoms with van der Waals surface area (Å²) in [6.07, 6.45) is 8.16. The summed E-state index contributed by atoms with van der Waals surface area (Å²) in [6, 6.07) is 30.1. The van der Waals surface area contributed by atoms with Gasteiger partial charge in [-0.25, -0.2) is 0 Å². The Labute approximate surface area is 243 Å². The van der Waals surface area contributed by atoms with Crippen LogP contribution >= 0.6 is 22.6 Å². The van der Waals surface area contributed by atoms with Crippen molar-refractivity contribution in [3.8, 4) is 5.75 Å². The summed E-state index contributed by atoms with van der Waals surface area (Å²) in [5, 5.41) is 0. The van der Waals surface area contributed by atoms with Gasteiger partial charge in [0, 0.05) is 3.42 Å². The van der Waals surface area contributed by atoms with Crippen molar-refractivity contribution in [2.75, 3.05) is 0 Å². The minimum Gasteiger partial charge on any atom is -0.464 e. The van der Waals surface area contributed by atoms with Crippen molar-refractivity contribution in [2.24, 2.45) is 11.8 Å². The molecule has 3 aromatic carbocycles. The molecule has 2 fully saturated rings. The largest absolute Gasteiger partial charge is 0.464 e. The van der Waals surface area contributed by atoms with E-state index in [0.29, 0.717) is 5.92 Å². The minimum absolute atomic E-state index is 0.210. The Balaban J connectivity index is 1.49. The maximum atomic E-state index is 7.05. The van der Waals surface area contributed by atoms with E-state index in [0.717, 1.165) is 24.5 Å². The zero-order chi connectivity index (χ0) is 26.8. The van der Waals surface area contributed by atoms with E-state index in [-0.39, 0.29) is 9.53 Å². The number of halogens is 1. The summed E-state index contributed by atoms with van der Waals surface area (Å²) in [5.41, 5.74) is 4.56. The van der Waals surface area contributed by atoms with E-state index >= 15 is 0 Å². The predicted octanol–water partition coefficient (Wildman–Crippen LogP) is 9.61. The molecule has 0 aliphatic heterocycles. The summed E-state index contributed by atoms with van der Waals surface area (Å²) in [5.74, 6) is 2.31. The first-order valence-corrected chi connectivity index (χ1v) is 15.2. The molecule has 0 radical (unpaired) electrons. The van der Waals surface area contributed by atoms with Gasteiger partial charge in [0.05, 0.1) is 11.5 Å². The highest BCUT2D eigenvalue weighted by Crippen LogP contribution is 2.48. The number of hydrogen-bond acceptors (Lipinski definition) is 2. The highest BCUT2D eigenvalue weighted by molar-refractivity contribution is 14.1. The number of alkyl halides is 1. The van der Waals surface area contributed by atoms with Crippen molar-refractivity contribution >= 4 is 28.2 Å². The molecule has 2 aliphatic carbocycles. The van der Waals surface area contributed by atoms with Crippen LogP contribution in [0.1, 0.15) is 76.5 Å². The van der Waals surface area contributed by atoms with Crippen molar-refractivity contribution in [3.63, 3.8) is 0 Å². The first-order valence-electron chi connectivity index (χ1n) is 14.1. The number of ether oxygens (including phenoxy) is 2. The van der Waals surface area contributed by atoms with Gasteiger partial charge >= 0.3 is 0 Å². The van der Waals surface area contributed by atoms with Crippen LogP contribution in [0.3, 0.4) is 0 Å². The lowest BCUT2D eigenvalue weighted by molar-refractivity contribution is -0.160. The number of benzene rings is 3. The maximum Gasteiger partial charge on any atom is 0.213 e. The van der Waals surface area contributed by atoms with Crippen LogP contribution in [0.2, 0.25) is 0 Å². The molecule has 3 heteroatoms. The van der Waals surface area contributed by atoms with Crippen LogP contribution in [0.15, 0.2) is 91.0 Å². The van der Waals surface area contributed by atoms with Gasteiger partial charge in [0.15, 0.2) is 0 Å². The highest BCUT2D eigenvalue weighted by Gasteiger charge is 2.47. The monoisotopic (exact) mass is 620 g/mol. The molecule has 5 rings (SSSR count). The second-order valence-corrected chi connectivity index (χ2v) is 14.9. The van der Waals surface area contributed by atoms with Crippen LogP contribution in [-0.4, -0.2) is 15.8 Å². The Hall–Kier alpha value is -2.11. The summed E-state index contributed by atoms with van der Waals surface area (Å²) >= 11 is 2.53. The van der Waals surface area contributed by atoms with Gasteiger partial charge in [-0.15, -0.1) is 0 Å². The Kier molecular flexibility index (Phi) is 8.35. The summed E-state index contributed by atoms with van der Waals surface area (Å²) < 4.78 is 14.1. The van der Waals surface area contributed by atoms with Gasteiger partial charge in [0.25, 0.3) is 0 Å². The van der Waals surface area contributed by atoms with E-state index < -0.39 is 11.7 Å². The Morgan fingerprint density at radius 1 is 0.868 bits per heavy atom. The lowest BCUT2D eigenvalue weighted by Crippen LogP contribution is -2.46. The molecule has 200 valence electrons. The second kappa shape index (κ2) is 11.6. The summed E-state index contributed by atoms with van der Waals surface area (Å²) in [7, 11) is 0. The van der Waals surface area contributed by atoms with Crippen molar-refractivity contribution in [3.05, 3.63) is 108 Å². The molecular weight excluding hydrogens is 579 g/mol. The summed E-state index contributed by atoms with van der Waals surface area (Å²) in [6.45, 7) is 8.97. The number of rotatable bonds is 10. The van der Waals surface area contributed by atoms with E-state index in [4.69, 9.17) is 9.47 Å². The first-order chi connectivity index (χ1) is 18.3. The van der Waals surface area contributed by atoms with Crippen molar-refractivity contribution in [1.82, 2.24) is 0 Å². The SMILES string of the molecule is C/C=C(\CC(C)(C)I)c1ccc(OC(OC2CC3CCC2C3)C(C)(c2ccccc2)c2ccccc2)cc1. The third kappa shape index (κ3) is 6.04. The highest BCUT2D eigenvalue weighted by atomic mass is 127. The van der Waals surface area contributed by atoms with E-state index in [1.807, 2.05) is 0 Å². The van der Waals surface area contributed by atoms with Crippen LogP contribution in [-0.2, 0) is 10.2 Å². The molecule has 2 aliphatic rings. The van der Waals surface area contributed by atoms with E-state index in [9.17, 15) is 0 Å². The normalized spacial score (nSPS) is 22.4. The lowest BCUT2D eigenvalue weighted by Gasteiger charge is -2.40. The van der Waals surface area contributed by atoms with Gasteiger partial charge < -0.3 is 9.47 Å². The fraction of sp³-hybridized carbons (Fsp3) is 0.429. The molecule has 0 aromatic heterocycles. The lowest BCUT2D eigenvalue weighted by atomic mass is 9.75. The fourth-order valence-electron chi connectivity index (χ4n) is 6.50. The molecule has 0 amide bonds. The average molecular weight is 621 g/mol.